The maximum Gasteiger partial charge on any atom is 0.294 e. The predicted octanol–water partition coefficient (Wildman–Crippen LogP) is 3.75. The van der Waals surface area contributed by atoms with Crippen molar-refractivity contribution in [3.8, 4) is 5.75 Å². The van der Waals surface area contributed by atoms with Crippen molar-refractivity contribution in [2.24, 2.45) is 0 Å². The summed E-state index contributed by atoms with van der Waals surface area (Å²) in [5, 5.41) is 11.7. The second-order valence-corrected chi connectivity index (χ2v) is 7.53. The molecule has 0 spiro atoms. The Morgan fingerprint density at radius 2 is 1.75 bits per heavy atom. The number of hydrogen-bond donors (Lipinski definition) is 0. The summed E-state index contributed by atoms with van der Waals surface area (Å²) in [6.07, 6.45) is 0. The molecule has 8 heteroatoms. The normalized spacial score (nSPS) is 14.7. The SMILES string of the molecule is CC(C)(Oc1ccccc1)C(=O)N1CCN(c2ccc(Cl)cc2[N+](=O)[O-])CC1. The van der Waals surface area contributed by atoms with Crippen LogP contribution in [-0.2, 0) is 4.79 Å². The van der Waals surface area contributed by atoms with E-state index in [-0.39, 0.29) is 11.6 Å². The monoisotopic (exact) mass is 403 g/mol. The Labute approximate surface area is 168 Å². The number of carbonyl (C=O) groups excluding carboxylic acids is 1. The molecule has 0 N–H and O–H groups in total. The molecule has 1 amide bonds. The predicted molar refractivity (Wildman–Crippen MR) is 108 cm³/mol. The first-order valence-corrected chi connectivity index (χ1v) is 9.38. The van der Waals surface area contributed by atoms with Crippen LogP contribution in [0.2, 0.25) is 5.02 Å². The Morgan fingerprint density at radius 3 is 2.36 bits per heavy atom. The highest BCUT2D eigenvalue weighted by Gasteiger charge is 2.36. The summed E-state index contributed by atoms with van der Waals surface area (Å²) in [5.41, 5.74) is -0.517. The molecule has 1 saturated heterocycles. The van der Waals surface area contributed by atoms with Crippen LogP contribution in [0.25, 0.3) is 0 Å². The molecule has 28 heavy (non-hydrogen) atoms. The van der Waals surface area contributed by atoms with Crippen LogP contribution in [0.5, 0.6) is 5.75 Å². The number of carbonyl (C=O) groups is 1. The first-order chi connectivity index (χ1) is 13.3. The molecular formula is C20H22ClN3O4. The fraction of sp³-hybridized carbons (Fsp3) is 0.350. The van der Waals surface area contributed by atoms with E-state index in [1.54, 1.807) is 30.9 Å². The summed E-state index contributed by atoms with van der Waals surface area (Å²) in [6.45, 7) is 5.41. The number of ether oxygens (including phenoxy) is 1. The van der Waals surface area contributed by atoms with Gasteiger partial charge in [0.05, 0.1) is 4.92 Å². The molecule has 0 bridgehead atoms. The lowest BCUT2D eigenvalue weighted by Gasteiger charge is -2.39. The number of hydrogen-bond acceptors (Lipinski definition) is 5. The Hall–Kier alpha value is -2.80. The van der Waals surface area contributed by atoms with Gasteiger partial charge in [0.2, 0.25) is 0 Å². The number of rotatable bonds is 5. The molecule has 0 aromatic heterocycles. The van der Waals surface area contributed by atoms with Crippen LogP contribution in [0.4, 0.5) is 11.4 Å². The fourth-order valence-electron chi connectivity index (χ4n) is 3.27. The minimum absolute atomic E-state index is 0.0278. The number of benzene rings is 2. The lowest BCUT2D eigenvalue weighted by atomic mass is 10.1. The van der Waals surface area contributed by atoms with E-state index in [1.807, 2.05) is 35.2 Å². The van der Waals surface area contributed by atoms with E-state index in [2.05, 4.69) is 0 Å². The van der Waals surface area contributed by atoms with Gasteiger partial charge in [0.15, 0.2) is 5.60 Å². The third kappa shape index (κ3) is 4.36. The number of nitro groups is 1. The van der Waals surface area contributed by atoms with Gasteiger partial charge in [-0.15, -0.1) is 0 Å². The first kappa shape index (κ1) is 19.9. The molecule has 0 radical (unpaired) electrons. The van der Waals surface area contributed by atoms with Crippen molar-refractivity contribution < 1.29 is 14.5 Å². The molecule has 3 rings (SSSR count). The molecule has 1 fully saturated rings. The highest BCUT2D eigenvalue weighted by Crippen LogP contribution is 2.32. The second kappa shape index (κ2) is 8.06. The van der Waals surface area contributed by atoms with Gasteiger partial charge in [0, 0.05) is 37.3 Å². The van der Waals surface area contributed by atoms with Crippen LogP contribution in [-0.4, -0.2) is 47.5 Å². The summed E-state index contributed by atoms with van der Waals surface area (Å²) < 4.78 is 5.88. The Balaban J connectivity index is 1.67. The summed E-state index contributed by atoms with van der Waals surface area (Å²) in [5.74, 6) is 0.526. The minimum Gasteiger partial charge on any atom is -0.478 e. The lowest BCUT2D eigenvalue weighted by molar-refractivity contribution is -0.384. The third-order valence-electron chi connectivity index (χ3n) is 4.67. The van der Waals surface area contributed by atoms with Crippen LogP contribution >= 0.6 is 11.6 Å². The zero-order valence-electron chi connectivity index (χ0n) is 15.8. The van der Waals surface area contributed by atoms with Crippen molar-refractivity contribution in [2.45, 2.75) is 19.4 Å². The van der Waals surface area contributed by atoms with Crippen molar-refractivity contribution in [1.29, 1.82) is 0 Å². The van der Waals surface area contributed by atoms with Crippen molar-refractivity contribution in [2.75, 3.05) is 31.1 Å². The molecule has 1 aliphatic heterocycles. The van der Waals surface area contributed by atoms with E-state index >= 15 is 0 Å². The standard InChI is InChI=1S/C20H22ClN3O4/c1-20(2,28-16-6-4-3-5-7-16)19(25)23-12-10-22(11-13-23)17-9-8-15(21)14-18(17)24(26)27/h3-9,14H,10-13H2,1-2H3. The highest BCUT2D eigenvalue weighted by atomic mass is 35.5. The zero-order valence-corrected chi connectivity index (χ0v) is 16.6. The fourth-order valence-corrected chi connectivity index (χ4v) is 3.43. The summed E-state index contributed by atoms with van der Waals surface area (Å²) >= 11 is 5.89. The molecule has 7 nitrogen and oxygen atoms in total. The van der Waals surface area contributed by atoms with Gasteiger partial charge in [0.25, 0.3) is 11.6 Å². The van der Waals surface area contributed by atoms with Gasteiger partial charge in [-0.3, -0.25) is 14.9 Å². The average molecular weight is 404 g/mol. The number of para-hydroxylation sites is 1. The van der Waals surface area contributed by atoms with Crippen LogP contribution in [0.15, 0.2) is 48.5 Å². The van der Waals surface area contributed by atoms with Gasteiger partial charge >= 0.3 is 0 Å². The van der Waals surface area contributed by atoms with E-state index in [4.69, 9.17) is 16.3 Å². The Morgan fingerprint density at radius 1 is 1.11 bits per heavy atom. The van der Waals surface area contributed by atoms with Crippen molar-refractivity contribution in [1.82, 2.24) is 4.90 Å². The highest BCUT2D eigenvalue weighted by molar-refractivity contribution is 6.30. The molecule has 0 saturated carbocycles. The van der Waals surface area contributed by atoms with Crippen LogP contribution in [0.1, 0.15) is 13.8 Å². The molecule has 0 aliphatic carbocycles. The number of nitro benzene ring substituents is 1. The molecule has 1 heterocycles. The molecule has 148 valence electrons. The van der Waals surface area contributed by atoms with Crippen molar-refractivity contribution in [3.05, 3.63) is 63.7 Å². The molecule has 0 unspecified atom stereocenters. The summed E-state index contributed by atoms with van der Waals surface area (Å²) in [6, 6.07) is 13.9. The van der Waals surface area contributed by atoms with Gasteiger partial charge in [-0.05, 0) is 38.1 Å². The molecular weight excluding hydrogens is 382 g/mol. The topological polar surface area (TPSA) is 75.9 Å². The van der Waals surface area contributed by atoms with Gasteiger partial charge in [0.1, 0.15) is 11.4 Å². The maximum atomic E-state index is 12.9. The molecule has 2 aromatic rings. The zero-order chi connectivity index (χ0) is 20.3. The third-order valence-corrected chi connectivity index (χ3v) is 4.91. The largest absolute Gasteiger partial charge is 0.478 e. The van der Waals surface area contributed by atoms with E-state index in [9.17, 15) is 14.9 Å². The van der Waals surface area contributed by atoms with Gasteiger partial charge in [-0.25, -0.2) is 0 Å². The number of halogens is 1. The van der Waals surface area contributed by atoms with E-state index in [0.717, 1.165) is 0 Å². The van der Waals surface area contributed by atoms with Crippen molar-refractivity contribution in [3.63, 3.8) is 0 Å². The van der Waals surface area contributed by atoms with Crippen LogP contribution in [0.3, 0.4) is 0 Å². The van der Waals surface area contributed by atoms with Gasteiger partial charge < -0.3 is 14.5 Å². The van der Waals surface area contributed by atoms with E-state index in [1.165, 1.54) is 6.07 Å². The molecule has 1 aliphatic rings. The van der Waals surface area contributed by atoms with Gasteiger partial charge in [-0.2, -0.15) is 0 Å². The number of piperazine rings is 1. The lowest BCUT2D eigenvalue weighted by Crippen LogP contribution is -2.55. The number of nitrogens with zero attached hydrogens (tertiary/aromatic N) is 3. The Bertz CT molecular complexity index is 865. The molecule has 2 aromatic carbocycles. The van der Waals surface area contributed by atoms with Gasteiger partial charge in [-0.1, -0.05) is 29.8 Å². The van der Waals surface area contributed by atoms with Crippen LogP contribution in [0, 0.1) is 10.1 Å². The van der Waals surface area contributed by atoms with E-state index in [0.29, 0.717) is 42.6 Å². The number of amides is 1. The van der Waals surface area contributed by atoms with E-state index < -0.39 is 10.5 Å². The first-order valence-electron chi connectivity index (χ1n) is 9.00. The van der Waals surface area contributed by atoms with Crippen LogP contribution < -0.4 is 9.64 Å². The average Bonchev–Trinajstić information content (AvgIpc) is 2.68. The Kier molecular flexibility index (Phi) is 5.74. The number of anilines is 1. The quantitative estimate of drug-likeness (QED) is 0.561. The van der Waals surface area contributed by atoms with Crippen molar-refractivity contribution >= 4 is 28.9 Å². The molecule has 0 atom stereocenters. The second-order valence-electron chi connectivity index (χ2n) is 7.09. The minimum atomic E-state index is -1.00. The summed E-state index contributed by atoms with van der Waals surface area (Å²) in [7, 11) is 0. The smallest absolute Gasteiger partial charge is 0.294 e. The summed E-state index contributed by atoms with van der Waals surface area (Å²) in [4.78, 5) is 27.5. The maximum absolute atomic E-state index is 12.9.